The van der Waals surface area contributed by atoms with Crippen LogP contribution in [0.15, 0.2) is 0 Å². The highest BCUT2D eigenvalue weighted by molar-refractivity contribution is 7.92. The molecule has 0 aromatic heterocycles. The van der Waals surface area contributed by atoms with E-state index in [-0.39, 0.29) is 18.3 Å². The molecule has 0 aromatic rings. The van der Waals surface area contributed by atoms with Crippen molar-refractivity contribution in [3.8, 4) is 0 Å². The topological polar surface area (TPSA) is 113 Å². The van der Waals surface area contributed by atoms with Crippen LogP contribution < -0.4 is 5.73 Å². The molecule has 3 atom stereocenters. The van der Waals surface area contributed by atoms with Gasteiger partial charge in [-0.3, -0.25) is 9.57 Å². The summed E-state index contributed by atoms with van der Waals surface area (Å²) < 4.78 is 60.2. The van der Waals surface area contributed by atoms with E-state index in [0.29, 0.717) is 0 Å². The molecule has 0 saturated heterocycles. The van der Waals surface area contributed by atoms with E-state index in [0.717, 1.165) is 0 Å². The Kier molecular flexibility index (Phi) is 7.62. The van der Waals surface area contributed by atoms with Crippen LogP contribution in [-0.2, 0) is 19.3 Å². The first-order valence-electron chi connectivity index (χ1n) is 6.30. The largest absolute Gasteiger partial charge is 0.462 e. The van der Waals surface area contributed by atoms with Gasteiger partial charge < -0.3 is 15.6 Å². The zero-order chi connectivity index (χ0) is 16.8. The van der Waals surface area contributed by atoms with Crippen LogP contribution in [0.5, 0.6) is 0 Å². The summed E-state index contributed by atoms with van der Waals surface area (Å²) in [5.41, 5.74) is 5.49. The Bertz CT molecular complexity index is 437. The Morgan fingerprint density at radius 2 is 1.81 bits per heavy atom. The normalized spacial score (nSPS) is 18.1. The maximum Gasteiger partial charge on any atom is 0.414 e. The van der Waals surface area contributed by atoms with E-state index < -0.39 is 46.2 Å². The van der Waals surface area contributed by atoms with Crippen LogP contribution in [0.2, 0.25) is 0 Å². The van der Waals surface area contributed by atoms with Gasteiger partial charge in [0.15, 0.2) is 6.10 Å². The first kappa shape index (κ1) is 20.1. The third-order valence-corrected chi connectivity index (χ3v) is 4.30. The number of aliphatic hydroxyl groups excluding tert-OH is 1. The van der Waals surface area contributed by atoms with E-state index in [1.165, 1.54) is 0 Å². The molecule has 0 spiro atoms. The molecule has 0 saturated carbocycles. The van der Waals surface area contributed by atoms with Crippen LogP contribution in [0.3, 0.4) is 0 Å². The molecule has 0 aromatic carbocycles. The summed E-state index contributed by atoms with van der Waals surface area (Å²) in [6.45, 7) is 3.24. The molecular formula is C11H21F3N2O4S. The number of ether oxygens (including phenoxy) is 1. The van der Waals surface area contributed by atoms with Crippen LogP contribution in [0.1, 0.15) is 26.7 Å². The molecule has 6 nitrogen and oxygen atoms in total. The average molecular weight is 334 g/mol. The minimum Gasteiger partial charge on any atom is -0.462 e. The number of carbonyl (C=O) groups excluding carboxylic acids is 1. The van der Waals surface area contributed by atoms with E-state index in [1.54, 1.807) is 13.8 Å². The van der Waals surface area contributed by atoms with Gasteiger partial charge in [0.25, 0.3) is 0 Å². The second-order valence-corrected chi connectivity index (χ2v) is 7.39. The summed E-state index contributed by atoms with van der Waals surface area (Å²) in [7, 11) is -3.34. The number of nitrogens with two attached hydrogens (primary N) is 1. The van der Waals surface area contributed by atoms with Gasteiger partial charge in [-0.05, 0) is 26.7 Å². The Balaban J connectivity index is 4.28. The molecule has 21 heavy (non-hydrogen) atoms. The van der Waals surface area contributed by atoms with Gasteiger partial charge in [0.2, 0.25) is 0 Å². The number of nitrogens with one attached hydrogen (secondary N) is 1. The van der Waals surface area contributed by atoms with Crippen molar-refractivity contribution in [2.45, 2.75) is 51.1 Å². The van der Waals surface area contributed by atoms with Gasteiger partial charge in [0.05, 0.1) is 6.10 Å². The molecule has 0 heterocycles. The van der Waals surface area contributed by atoms with Crippen LogP contribution in [0.4, 0.5) is 13.2 Å². The fourth-order valence-corrected chi connectivity index (χ4v) is 2.77. The number of hydrogen-bond acceptors (Lipinski definition) is 6. The molecule has 10 heteroatoms. The van der Waals surface area contributed by atoms with Crippen molar-refractivity contribution in [1.29, 1.82) is 4.78 Å². The molecule has 2 unspecified atom stereocenters. The lowest BCUT2D eigenvalue weighted by atomic mass is 10.2. The van der Waals surface area contributed by atoms with E-state index in [9.17, 15) is 22.2 Å². The highest BCUT2D eigenvalue weighted by Crippen LogP contribution is 2.22. The van der Waals surface area contributed by atoms with Crippen molar-refractivity contribution in [2.24, 2.45) is 5.73 Å². The predicted octanol–water partition coefficient (Wildman–Crippen LogP) is 1.02. The van der Waals surface area contributed by atoms with Gasteiger partial charge in [0.1, 0.15) is 6.04 Å². The first-order valence-corrected chi connectivity index (χ1v) is 8.20. The zero-order valence-electron chi connectivity index (χ0n) is 11.9. The molecule has 0 amide bonds. The van der Waals surface area contributed by atoms with Crippen molar-refractivity contribution >= 4 is 15.7 Å². The quantitative estimate of drug-likeness (QED) is 0.573. The predicted molar refractivity (Wildman–Crippen MR) is 71.1 cm³/mol. The van der Waals surface area contributed by atoms with Gasteiger partial charge in [-0.15, -0.1) is 0 Å². The second kappa shape index (κ2) is 7.95. The lowest BCUT2D eigenvalue weighted by Gasteiger charge is -2.17. The number of aliphatic hydroxyl groups is 1. The third kappa shape index (κ3) is 8.89. The zero-order valence-corrected chi connectivity index (χ0v) is 12.7. The summed E-state index contributed by atoms with van der Waals surface area (Å²) >= 11 is 0. The summed E-state index contributed by atoms with van der Waals surface area (Å²) in [6.07, 6.45) is -8.73. The Hall–Kier alpha value is -0.870. The number of rotatable bonds is 8. The molecule has 126 valence electrons. The summed E-state index contributed by atoms with van der Waals surface area (Å²) in [5, 5.41) is 8.78. The Morgan fingerprint density at radius 3 is 2.24 bits per heavy atom. The molecule has 0 rings (SSSR count). The summed E-state index contributed by atoms with van der Waals surface area (Å²) in [5.74, 6) is -1.65. The van der Waals surface area contributed by atoms with Crippen molar-refractivity contribution in [3.63, 3.8) is 0 Å². The second-order valence-electron chi connectivity index (χ2n) is 4.95. The van der Waals surface area contributed by atoms with Crippen molar-refractivity contribution in [1.82, 2.24) is 0 Å². The Morgan fingerprint density at radius 1 is 1.33 bits per heavy atom. The summed E-state index contributed by atoms with van der Waals surface area (Å²) in [6, 6.07) is -1.08. The van der Waals surface area contributed by atoms with Gasteiger partial charge in [-0.2, -0.15) is 13.2 Å². The van der Waals surface area contributed by atoms with Crippen LogP contribution in [-0.4, -0.2) is 51.2 Å². The van der Waals surface area contributed by atoms with Crippen molar-refractivity contribution < 1.29 is 32.0 Å². The van der Waals surface area contributed by atoms with Crippen molar-refractivity contribution in [3.05, 3.63) is 0 Å². The van der Waals surface area contributed by atoms with Crippen LogP contribution in [0, 0.1) is 4.78 Å². The van der Waals surface area contributed by atoms with Gasteiger partial charge >= 0.3 is 12.1 Å². The molecule has 0 fully saturated rings. The Labute approximate surface area is 121 Å². The molecule has 0 aliphatic carbocycles. The minimum absolute atomic E-state index is 0.129. The fraction of sp³-hybridized carbons (Fsp3) is 0.909. The SMILES string of the molecule is CC(C)OC(=O)[C@@H](N)CCS(=N)(=O)CCC(O)C(F)(F)F. The molecule has 0 aliphatic heterocycles. The van der Waals surface area contributed by atoms with E-state index in [4.69, 9.17) is 20.4 Å². The average Bonchev–Trinajstić information content (AvgIpc) is 2.31. The first-order chi connectivity index (χ1) is 9.35. The lowest BCUT2D eigenvalue weighted by Crippen LogP contribution is -2.36. The minimum atomic E-state index is -4.80. The molecule has 4 N–H and O–H groups in total. The standard InChI is InChI=1S/C11H21F3N2O4S/c1-7(2)20-10(18)8(15)3-5-21(16,19)6-4-9(17)11(12,13)14/h7-9,16-17H,3-6,15H2,1-2H3/t8-,9?,21?/m0/s1. The molecule has 0 aliphatic rings. The number of hydrogen-bond donors (Lipinski definition) is 3. The highest BCUT2D eigenvalue weighted by Gasteiger charge is 2.38. The number of esters is 1. The maximum absolute atomic E-state index is 12.1. The lowest BCUT2D eigenvalue weighted by molar-refractivity contribution is -0.203. The van der Waals surface area contributed by atoms with Gasteiger partial charge in [0, 0.05) is 21.2 Å². The van der Waals surface area contributed by atoms with Crippen LogP contribution in [0.25, 0.3) is 0 Å². The fourth-order valence-electron chi connectivity index (χ4n) is 1.32. The third-order valence-electron chi connectivity index (χ3n) is 2.51. The maximum atomic E-state index is 12.1. The molecule has 0 bridgehead atoms. The van der Waals surface area contributed by atoms with E-state index in [1.807, 2.05) is 0 Å². The molecule has 0 radical (unpaired) electrons. The van der Waals surface area contributed by atoms with Gasteiger partial charge in [-0.25, -0.2) is 4.21 Å². The van der Waals surface area contributed by atoms with Crippen molar-refractivity contribution in [2.75, 3.05) is 11.5 Å². The van der Waals surface area contributed by atoms with Crippen LogP contribution >= 0.6 is 0 Å². The van der Waals surface area contributed by atoms with E-state index >= 15 is 0 Å². The number of carbonyl (C=O) groups is 1. The smallest absolute Gasteiger partial charge is 0.414 e. The number of alkyl halides is 3. The van der Waals surface area contributed by atoms with Gasteiger partial charge in [-0.1, -0.05) is 0 Å². The number of halogens is 3. The highest BCUT2D eigenvalue weighted by atomic mass is 32.2. The van der Waals surface area contributed by atoms with E-state index in [2.05, 4.69) is 0 Å². The monoisotopic (exact) mass is 334 g/mol. The molecular weight excluding hydrogens is 313 g/mol. The summed E-state index contributed by atoms with van der Waals surface area (Å²) in [4.78, 5) is 11.4.